The maximum atomic E-state index is 12.4. The Morgan fingerprint density at radius 2 is 2.23 bits per heavy atom. The van der Waals surface area contributed by atoms with Gasteiger partial charge in [-0.3, -0.25) is 4.79 Å². The number of hydrogen-bond acceptors (Lipinski definition) is 5. The summed E-state index contributed by atoms with van der Waals surface area (Å²) in [6, 6.07) is 3.93. The Labute approximate surface area is 137 Å². The lowest BCUT2D eigenvalue weighted by molar-refractivity contribution is 0.0622. The van der Waals surface area contributed by atoms with Gasteiger partial charge in [0.25, 0.3) is 5.91 Å². The number of nitrogens with one attached hydrogen (secondary N) is 1. The molecule has 22 heavy (non-hydrogen) atoms. The first-order valence-electron chi connectivity index (χ1n) is 7.43. The van der Waals surface area contributed by atoms with E-state index in [0.29, 0.717) is 21.8 Å². The molecule has 5 nitrogen and oxygen atoms in total. The summed E-state index contributed by atoms with van der Waals surface area (Å²) in [6.45, 7) is 3.32. The number of aromatic nitrogens is 1. The molecule has 0 radical (unpaired) electrons. The first-order chi connectivity index (χ1) is 10.7. The number of carbonyl (C=O) groups excluding carboxylic acids is 1. The Bertz CT molecular complexity index is 691. The lowest BCUT2D eigenvalue weighted by Gasteiger charge is -2.44. The van der Waals surface area contributed by atoms with Gasteiger partial charge in [-0.15, -0.1) is 11.3 Å². The Morgan fingerprint density at radius 3 is 2.86 bits per heavy atom. The zero-order valence-electron chi connectivity index (χ0n) is 11.9. The van der Waals surface area contributed by atoms with Crippen molar-refractivity contribution in [2.24, 2.45) is 5.92 Å². The van der Waals surface area contributed by atoms with E-state index in [0.717, 1.165) is 11.4 Å². The molecule has 0 aromatic carbocycles. The van der Waals surface area contributed by atoms with Gasteiger partial charge < -0.3 is 14.6 Å². The van der Waals surface area contributed by atoms with Crippen LogP contribution in [0.4, 0.5) is 0 Å². The van der Waals surface area contributed by atoms with Crippen LogP contribution < -0.4 is 5.32 Å². The molecule has 0 spiro atoms. The van der Waals surface area contributed by atoms with E-state index < -0.39 is 0 Å². The highest BCUT2D eigenvalue weighted by Gasteiger charge is 2.35. The maximum Gasteiger partial charge on any atom is 0.261 e. The van der Waals surface area contributed by atoms with E-state index in [1.807, 2.05) is 12.1 Å². The normalized spacial score (nSPS) is 27.0. The number of thiophene rings is 1. The minimum Gasteiger partial charge on any atom is -0.442 e. The van der Waals surface area contributed by atoms with E-state index in [9.17, 15) is 4.79 Å². The molecule has 1 unspecified atom stereocenters. The molecule has 0 aliphatic carbocycles. The molecule has 3 saturated heterocycles. The van der Waals surface area contributed by atoms with Crippen molar-refractivity contribution in [1.82, 2.24) is 15.2 Å². The van der Waals surface area contributed by atoms with Crippen LogP contribution >= 0.6 is 22.9 Å². The monoisotopic (exact) mass is 337 g/mol. The van der Waals surface area contributed by atoms with Gasteiger partial charge in [-0.05, 0) is 44.0 Å². The SMILES string of the molecule is O=C(NC1CN2CCC1CC2)c1ccc(-c2nc(Cl)co2)s1. The molecule has 2 aromatic rings. The second-order valence-corrected chi connectivity index (χ2v) is 7.33. The number of fused-ring (bicyclic) bond motifs is 3. The number of hydrogen-bond donors (Lipinski definition) is 1. The van der Waals surface area contributed by atoms with Crippen LogP contribution in [0.5, 0.6) is 0 Å². The molecule has 7 heteroatoms. The third-order valence-corrected chi connectivity index (χ3v) is 5.73. The quantitative estimate of drug-likeness (QED) is 0.935. The third kappa shape index (κ3) is 2.66. The minimum absolute atomic E-state index is 0.00680. The summed E-state index contributed by atoms with van der Waals surface area (Å²) >= 11 is 7.14. The van der Waals surface area contributed by atoms with E-state index in [1.165, 1.54) is 43.5 Å². The van der Waals surface area contributed by atoms with E-state index in [-0.39, 0.29) is 11.9 Å². The maximum absolute atomic E-state index is 12.4. The van der Waals surface area contributed by atoms with Crippen molar-refractivity contribution in [2.75, 3.05) is 19.6 Å². The fraction of sp³-hybridized carbons (Fsp3) is 0.467. The topological polar surface area (TPSA) is 58.4 Å². The van der Waals surface area contributed by atoms with E-state index >= 15 is 0 Å². The summed E-state index contributed by atoms with van der Waals surface area (Å²) in [7, 11) is 0. The van der Waals surface area contributed by atoms with Crippen molar-refractivity contribution in [3.8, 4) is 10.8 Å². The molecule has 1 N–H and O–H groups in total. The highest BCUT2D eigenvalue weighted by Crippen LogP contribution is 2.30. The largest absolute Gasteiger partial charge is 0.442 e. The van der Waals surface area contributed by atoms with Gasteiger partial charge >= 0.3 is 0 Å². The summed E-state index contributed by atoms with van der Waals surface area (Å²) < 4.78 is 5.26. The molecule has 0 saturated carbocycles. The Kier molecular flexibility index (Phi) is 3.68. The van der Waals surface area contributed by atoms with Crippen LogP contribution in [0.3, 0.4) is 0 Å². The van der Waals surface area contributed by atoms with Crippen molar-refractivity contribution in [3.05, 3.63) is 28.4 Å². The highest BCUT2D eigenvalue weighted by molar-refractivity contribution is 7.17. The van der Waals surface area contributed by atoms with Crippen molar-refractivity contribution in [2.45, 2.75) is 18.9 Å². The van der Waals surface area contributed by atoms with E-state index in [4.69, 9.17) is 16.0 Å². The number of nitrogens with zero attached hydrogens (tertiary/aromatic N) is 2. The molecule has 2 bridgehead atoms. The number of carbonyl (C=O) groups is 1. The van der Waals surface area contributed by atoms with Crippen LogP contribution in [0, 0.1) is 5.92 Å². The van der Waals surface area contributed by atoms with E-state index in [2.05, 4.69) is 15.2 Å². The Hall–Kier alpha value is -1.37. The summed E-state index contributed by atoms with van der Waals surface area (Å²) in [5.74, 6) is 1.07. The lowest BCUT2D eigenvalue weighted by atomic mass is 9.84. The third-order valence-electron chi connectivity index (χ3n) is 4.49. The van der Waals surface area contributed by atoms with Crippen LogP contribution in [0.15, 0.2) is 22.8 Å². The first kappa shape index (κ1) is 14.2. The molecule has 3 aliphatic heterocycles. The van der Waals surface area contributed by atoms with Crippen LogP contribution in [-0.4, -0.2) is 41.5 Å². The van der Waals surface area contributed by atoms with Crippen LogP contribution in [-0.2, 0) is 0 Å². The summed E-state index contributed by atoms with van der Waals surface area (Å²) in [6.07, 6.45) is 3.77. The van der Waals surface area contributed by atoms with Crippen LogP contribution in [0.1, 0.15) is 22.5 Å². The van der Waals surface area contributed by atoms with Gasteiger partial charge in [-0.25, -0.2) is 0 Å². The predicted octanol–water partition coefficient (Wildman–Crippen LogP) is 2.88. The summed E-state index contributed by atoms with van der Waals surface area (Å²) in [5, 5.41) is 3.51. The fourth-order valence-corrected chi connectivity index (χ4v) is 4.27. The molecule has 5 rings (SSSR count). The number of rotatable bonds is 3. The van der Waals surface area contributed by atoms with Gasteiger partial charge in [-0.2, -0.15) is 4.98 Å². The fourth-order valence-electron chi connectivity index (χ4n) is 3.31. The molecule has 1 atom stereocenters. The minimum atomic E-state index is -0.00680. The summed E-state index contributed by atoms with van der Waals surface area (Å²) in [5.41, 5.74) is 0. The molecule has 3 aliphatic rings. The van der Waals surface area contributed by atoms with E-state index in [1.54, 1.807) is 0 Å². The number of oxazole rings is 1. The van der Waals surface area contributed by atoms with Gasteiger partial charge in [0, 0.05) is 12.6 Å². The van der Waals surface area contributed by atoms with Gasteiger partial charge in [-0.1, -0.05) is 11.6 Å². The molecule has 1 amide bonds. The highest BCUT2D eigenvalue weighted by atomic mass is 35.5. The molecule has 3 fully saturated rings. The molecule has 2 aromatic heterocycles. The zero-order valence-corrected chi connectivity index (χ0v) is 13.5. The first-order valence-corrected chi connectivity index (χ1v) is 8.63. The Balaban J connectivity index is 1.46. The number of amides is 1. The zero-order chi connectivity index (χ0) is 15.1. The van der Waals surface area contributed by atoms with Gasteiger partial charge in [0.15, 0.2) is 5.15 Å². The Morgan fingerprint density at radius 1 is 1.41 bits per heavy atom. The average Bonchev–Trinajstić information content (AvgIpc) is 3.17. The van der Waals surface area contributed by atoms with Crippen LogP contribution in [0.25, 0.3) is 10.8 Å². The molecule has 116 valence electrons. The summed E-state index contributed by atoms with van der Waals surface area (Å²) in [4.78, 5) is 20.4. The standard InChI is InChI=1S/C15H16ClN3O2S/c16-13-8-21-15(18-13)12-2-1-11(22-12)14(20)17-10-7-19-5-3-9(10)4-6-19/h1-2,8-10H,3-7H2,(H,17,20). The van der Waals surface area contributed by atoms with Crippen molar-refractivity contribution < 1.29 is 9.21 Å². The van der Waals surface area contributed by atoms with Crippen LogP contribution in [0.2, 0.25) is 5.15 Å². The van der Waals surface area contributed by atoms with Crippen molar-refractivity contribution in [1.29, 1.82) is 0 Å². The number of halogens is 1. The second-order valence-electron chi connectivity index (χ2n) is 5.86. The average molecular weight is 338 g/mol. The lowest BCUT2D eigenvalue weighted by Crippen LogP contribution is -2.57. The van der Waals surface area contributed by atoms with Gasteiger partial charge in [0.1, 0.15) is 6.26 Å². The predicted molar refractivity (Wildman–Crippen MR) is 85.2 cm³/mol. The second kappa shape index (κ2) is 5.68. The smallest absolute Gasteiger partial charge is 0.261 e. The van der Waals surface area contributed by atoms with Gasteiger partial charge in [0.2, 0.25) is 5.89 Å². The van der Waals surface area contributed by atoms with Gasteiger partial charge in [0.05, 0.1) is 9.75 Å². The number of piperidine rings is 3. The molecular formula is C15H16ClN3O2S. The molecular weight excluding hydrogens is 322 g/mol. The van der Waals surface area contributed by atoms with Crippen molar-refractivity contribution >= 4 is 28.8 Å². The molecule has 5 heterocycles. The van der Waals surface area contributed by atoms with Crippen molar-refractivity contribution in [3.63, 3.8) is 0 Å².